The van der Waals surface area contributed by atoms with Crippen LogP contribution >= 0.6 is 31.9 Å². The number of ketones is 1. The third-order valence-corrected chi connectivity index (χ3v) is 8.71. The van der Waals surface area contributed by atoms with Gasteiger partial charge in [0.1, 0.15) is 25.3 Å². The lowest BCUT2D eigenvalue weighted by molar-refractivity contribution is -0.125. The Bertz CT molecular complexity index is 1800. The molecule has 0 aliphatic heterocycles. The Balaban J connectivity index is 1.28. The fourth-order valence-electron chi connectivity index (χ4n) is 5.13. The van der Waals surface area contributed by atoms with Crippen LogP contribution in [0.1, 0.15) is 37.1 Å². The molecule has 0 saturated heterocycles. The Morgan fingerprint density at radius 2 is 1.04 bits per heavy atom. The molecular formula is C37H32Br2N4O3. The van der Waals surface area contributed by atoms with E-state index in [-0.39, 0.29) is 5.78 Å². The summed E-state index contributed by atoms with van der Waals surface area (Å²) in [5.41, 5.74) is 5.53. The minimum atomic E-state index is -0.595. The molecule has 2 atom stereocenters. The number of aromatic nitrogens is 4. The van der Waals surface area contributed by atoms with Crippen LogP contribution in [0.15, 0.2) is 131 Å². The predicted octanol–water partition coefficient (Wildman–Crippen LogP) is 9.49. The van der Waals surface area contributed by atoms with Crippen molar-refractivity contribution >= 4 is 37.6 Å². The highest BCUT2D eigenvalue weighted by Gasteiger charge is 2.28. The number of ether oxygens (including phenoxy) is 2. The molecule has 0 amide bonds. The van der Waals surface area contributed by atoms with E-state index in [1.807, 2.05) is 135 Å². The first-order chi connectivity index (χ1) is 22.4. The van der Waals surface area contributed by atoms with Crippen LogP contribution in [-0.2, 0) is 18.0 Å². The third-order valence-electron chi connectivity index (χ3n) is 7.72. The van der Waals surface area contributed by atoms with Gasteiger partial charge in [-0.3, -0.25) is 14.2 Å². The largest absolute Gasteiger partial charge is 0.471 e. The Labute approximate surface area is 285 Å². The lowest BCUT2D eigenvalue weighted by Gasteiger charge is -2.17. The van der Waals surface area contributed by atoms with Crippen LogP contribution in [0.3, 0.4) is 0 Å². The Morgan fingerprint density at radius 3 is 1.43 bits per heavy atom. The van der Waals surface area contributed by atoms with Crippen molar-refractivity contribution in [1.82, 2.24) is 19.6 Å². The molecule has 2 unspecified atom stereocenters. The van der Waals surface area contributed by atoms with E-state index in [1.54, 1.807) is 9.36 Å². The van der Waals surface area contributed by atoms with E-state index in [0.717, 1.165) is 42.3 Å². The van der Waals surface area contributed by atoms with Crippen molar-refractivity contribution in [3.8, 4) is 34.0 Å². The molecule has 0 fully saturated rings. The Hall–Kier alpha value is -4.47. The number of carbonyl (C=O) groups excluding carboxylic acids is 1. The smallest absolute Gasteiger partial charge is 0.241 e. The minimum absolute atomic E-state index is 0.0594. The number of hydrogen-bond acceptors (Lipinski definition) is 5. The second-order valence-corrected chi connectivity index (χ2v) is 12.8. The van der Waals surface area contributed by atoms with Gasteiger partial charge in [0.2, 0.25) is 11.8 Å². The first-order valence-electron chi connectivity index (χ1n) is 14.9. The van der Waals surface area contributed by atoms with Gasteiger partial charge in [-0.15, -0.1) is 10.2 Å². The highest BCUT2D eigenvalue weighted by Crippen LogP contribution is 2.35. The molecule has 6 rings (SSSR count). The quantitative estimate of drug-likeness (QED) is 0.125. The summed E-state index contributed by atoms with van der Waals surface area (Å²) >= 11 is 7.14. The lowest BCUT2D eigenvalue weighted by Crippen LogP contribution is -2.26. The SMILES string of the molecule is CC(C(=O)C(C)n1cc(-c2cccc(Br)c2)c(OCc2ccccc2)n1)n1cc(-c2cccc(Br)c2)c(OCc2ccccc2)n1. The van der Waals surface area contributed by atoms with E-state index in [1.165, 1.54) is 0 Å². The van der Waals surface area contributed by atoms with E-state index in [0.29, 0.717) is 25.0 Å². The van der Waals surface area contributed by atoms with E-state index in [4.69, 9.17) is 19.7 Å². The lowest BCUT2D eigenvalue weighted by atomic mass is 10.1. The number of Topliss-reactive ketones (excluding diaryl/α,β-unsaturated/α-hetero) is 1. The zero-order chi connectivity index (χ0) is 32.0. The summed E-state index contributed by atoms with van der Waals surface area (Å²) in [5, 5.41) is 9.54. The van der Waals surface area contributed by atoms with Gasteiger partial charge in [0, 0.05) is 21.3 Å². The van der Waals surface area contributed by atoms with Crippen LogP contribution in [0.4, 0.5) is 0 Å². The second kappa shape index (κ2) is 14.3. The van der Waals surface area contributed by atoms with Crippen molar-refractivity contribution in [3.63, 3.8) is 0 Å². The van der Waals surface area contributed by atoms with Crippen LogP contribution in [0.5, 0.6) is 11.8 Å². The highest BCUT2D eigenvalue weighted by molar-refractivity contribution is 9.10. The van der Waals surface area contributed by atoms with Crippen molar-refractivity contribution in [2.75, 3.05) is 0 Å². The van der Waals surface area contributed by atoms with Crippen molar-refractivity contribution in [1.29, 1.82) is 0 Å². The van der Waals surface area contributed by atoms with Gasteiger partial charge in [0.15, 0.2) is 5.78 Å². The van der Waals surface area contributed by atoms with E-state index < -0.39 is 12.1 Å². The first kappa shape index (κ1) is 31.5. The normalized spacial score (nSPS) is 12.4. The van der Waals surface area contributed by atoms with Gasteiger partial charge >= 0.3 is 0 Å². The van der Waals surface area contributed by atoms with Crippen LogP contribution in [0.25, 0.3) is 22.3 Å². The zero-order valence-electron chi connectivity index (χ0n) is 25.4. The molecular weight excluding hydrogens is 708 g/mol. The Morgan fingerprint density at radius 1 is 0.630 bits per heavy atom. The van der Waals surface area contributed by atoms with Gasteiger partial charge < -0.3 is 9.47 Å². The summed E-state index contributed by atoms with van der Waals surface area (Å²) in [5.74, 6) is 0.861. The summed E-state index contributed by atoms with van der Waals surface area (Å²) in [6, 6.07) is 34.6. The maximum atomic E-state index is 14.0. The van der Waals surface area contributed by atoms with Gasteiger partial charge in [0.25, 0.3) is 0 Å². The molecule has 0 bridgehead atoms. The molecule has 0 radical (unpaired) electrons. The van der Waals surface area contributed by atoms with Gasteiger partial charge in [-0.05, 0) is 60.4 Å². The molecule has 2 aromatic heterocycles. The first-order valence-corrected chi connectivity index (χ1v) is 16.5. The van der Waals surface area contributed by atoms with Crippen LogP contribution in [0, 0.1) is 0 Å². The number of rotatable bonds is 12. The van der Waals surface area contributed by atoms with Crippen LogP contribution in [0.2, 0.25) is 0 Å². The molecule has 0 aliphatic rings. The molecule has 4 aromatic carbocycles. The molecule has 2 heterocycles. The van der Waals surface area contributed by atoms with Crippen molar-refractivity contribution in [2.24, 2.45) is 0 Å². The summed E-state index contributed by atoms with van der Waals surface area (Å²) < 4.78 is 17.7. The van der Waals surface area contributed by atoms with Gasteiger partial charge in [-0.25, -0.2) is 0 Å². The zero-order valence-corrected chi connectivity index (χ0v) is 28.6. The van der Waals surface area contributed by atoms with Crippen molar-refractivity contribution in [3.05, 3.63) is 142 Å². The number of hydrogen-bond donors (Lipinski definition) is 0. The molecule has 232 valence electrons. The average Bonchev–Trinajstić information content (AvgIpc) is 3.71. The van der Waals surface area contributed by atoms with E-state index in [9.17, 15) is 4.79 Å². The molecule has 0 spiro atoms. The number of halogens is 2. The van der Waals surface area contributed by atoms with Crippen molar-refractivity contribution in [2.45, 2.75) is 39.1 Å². The predicted molar refractivity (Wildman–Crippen MR) is 187 cm³/mol. The number of carbonyl (C=O) groups is 1. The van der Waals surface area contributed by atoms with E-state index in [2.05, 4.69) is 31.9 Å². The maximum absolute atomic E-state index is 14.0. The number of nitrogens with zero attached hydrogens (tertiary/aromatic N) is 4. The van der Waals surface area contributed by atoms with Crippen LogP contribution in [-0.4, -0.2) is 25.3 Å². The van der Waals surface area contributed by atoms with Gasteiger partial charge in [-0.2, -0.15) is 0 Å². The standard InChI is InChI=1S/C37H32Br2N4O3/c1-25(42-21-33(29-15-9-17-31(38)19-29)36(40-42)45-23-27-11-5-3-6-12-27)35(44)26(2)43-22-34(30-16-10-18-32(39)20-30)37(41-43)46-24-28-13-7-4-8-14-28/h3-22,25-26H,23-24H2,1-2H3. The molecule has 7 nitrogen and oxygen atoms in total. The fourth-order valence-corrected chi connectivity index (χ4v) is 5.93. The third kappa shape index (κ3) is 7.32. The van der Waals surface area contributed by atoms with Gasteiger partial charge in [0.05, 0.1) is 11.1 Å². The monoisotopic (exact) mass is 738 g/mol. The van der Waals surface area contributed by atoms with E-state index >= 15 is 0 Å². The van der Waals surface area contributed by atoms with Crippen molar-refractivity contribution < 1.29 is 14.3 Å². The minimum Gasteiger partial charge on any atom is -0.471 e. The average molecular weight is 740 g/mol. The topological polar surface area (TPSA) is 71.2 Å². The van der Waals surface area contributed by atoms with Gasteiger partial charge in [-0.1, -0.05) is 117 Å². The maximum Gasteiger partial charge on any atom is 0.241 e. The summed E-state index contributed by atoms with van der Waals surface area (Å²) in [4.78, 5) is 14.0. The fraction of sp³-hybridized carbons (Fsp3) is 0.162. The Kier molecular flexibility index (Phi) is 9.80. The van der Waals surface area contributed by atoms with Crippen LogP contribution < -0.4 is 9.47 Å². The summed E-state index contributed by atoms with van der Waals surface area (Å²) in [6.45, 7) is 4.41. The molecule has 9 heteroatoms. The molecule has 6 aromatic rings. The number of benzene rings is 4. The highest BCUT2D eigenvalue weighted by atomic mass is 79.9. The summed E-state index contributed by atoms with van der Waals surface area (Å²) in [7, 11) is 0. The molecule has 46 heavy (non-hydrogen) atoms. The molecule has 0 aliphatic carbocycles. The summed E-state index contributed by atoms with van der Waals surface area (Å²) in [6.07, 6.45) is 3.75. The second-order valence-electron chi connectivity index (χ2n) is 11.0. The molecule has 0 N–H and O–H groups in total. The molecule has 0 saturated carbocycles.